The van der Waals surface area contributed by atoms with Crippen LogP contribution in [-0.2, 0) is 61.8 Å². The van der Waals surface area contributed by atoms with E-state index in [1.54, 1.807) is 43.0 Å². The number of fused-ring (bicyclic) bond motifs is 3. The molecule has 3 N–H and O–H groups in total. The smallest absolute Gasteiger partial charge is 0.303 e. The van der Waals surface area contributed by atoms with E-state index in [0.717, 1.165) is 0 Å². The summed E-state index contributed by atoms with van der Waals surface area (Å²) in [7, 11) is 0. The Morgan fingerprint density at radius 3 is 1.14 bits per heavy atom. The first-order valence-electron chi connectivity index (χ1n) is 10.2. The maximum absolute atomic E-state index is 9.37. The van der Waals surface area contributed by atoms with Crippen molar-refractivity contribution in [1.29, 1.82) is 0 Å². The van der Waals surface area contributed by atoms with E-state index in [-0.39, 0.29) is 41.0 Å². The molecule has 0 saturated carbocycles. The fourth-order valence-electron chi connectivity index (χ4n) is 3.08. The summed E-state index contributed by atoms with van der Waals surface area (Å²) in [6, 6.07) is 2.52. The summed E-state index contributed by atoms with van der Waals surface area (Å²) in [6.07, 6.45) is 11.9. The second-order valence-corrected chi connectivity index (χ2v) is 6.81. The number of hydrogen-bond acceptors (Lipinski definition) is 3. The first-order valence-corrected chi connectivity index (χ1v) is 10.2. The third-order valence-corrected chi connectivity index (χ3v) is 4.64. The minimum atomic E-state index is -0.745. The largest absolute Gasteiger partial charge is 0.481 e. The van der Waals surface area contributed by atoms with Crippen molar-refractivity contribution in [2.75, 3.05) is 0 Å². The van der Waals surface area contributed by atoms with Crippen molar-refractivity contribution in [2.24, 2.45) is 0 Å². The molecule has 6 nitrogen and oxygen atoms in total. The van der Waals surface area contributed by atoms with Gasteiger partial charge in [-0.1, -0.05) is 72.1 Å². The van der Waals surface area contributed by atoms with Gasteiger partial charge in [-0.3, -0.25) is 14.4 Å². The summed E-state index contributed by atoms with van der Waals surface area (Å²) in [5, 5.41) is 23.2. The molecule has 29 heavy (non-hydrogen) atoms. The quantitative estimate of drug-likeness (QED) is 0.465. The Bertz CT molecular complexity index is 557. The zero-order valence-electron chi connectivity index (χ0n) is 17.9. The predicted octanol–water partition coefficient (Wildman–Crippen LogP) is 4.60. The van der Waals surface area contributed by atoms with Gasteiger partial charge in [-0.25, -0.2) is 0 Å². The van der Waals surface area contributed by atoms with Gasteiger partial charge in [0.2, 0.25) is 0 Å². The van der Waals surface area contributed by atoms with E-state index in [9.17, 15) is 14.4 Å². The fraction of sp³-hybridized carbons (Fsp3) is 0.636. The Morgan fingerprint density at radius 2 is 0.897 bits per heavy atom. The Hall–Kier alpha value is -1.53. The van der Waals surface area contributed by atoms with Crippen molar-refractivity contribution in [2.45, 2.75) is 91.4 Å². The molecule has 0 saturated heterocycles. The molecule has 164 valence electrons. The Balaban J connectivity index is 0. The normalized spacial score (nSPS) is 13.2. The number of rotatable bonds is 3. The van der Waals surface area contributed by atoms with Gasteiger partial charge >= 0.3 is 17.9 Å². The molecule has 0 unspecified atom stereocenters. The van der Waals surface area contributed by atoms with Gasteiger partial charge in [0.15, 0.2) is 0 Å². The number of hydrogen-bond donors (Lipinski definition) is 3. The van der Waals surface area contributed by atoms with E-state index < -0.39 is 17.9 Å². The summed E-state index contributed by atoms with van der Waals surface area (Å²) in [6.45, 7) is 4.80. The Labute approximate surface area is 189 Å². The molecule has 1 aromatic carbocycles. The zero-order valence-corrected chi connectivity index (χ0v) is 19.5. The monoisotopic (exact) mass is 443 g/mol. The van der Waals surface area contributed by atoms with Gasteiger partial charge in [-0.2, -0.15) is 28.3 Å². The molecule has 2 aliphatic carbocycles. The summed E-state index contributed by atoms with van der Waals surface area (Å²) in [5.41, 5.74) is 6.94. The van der Waals surface area contributed by atoms with Crippen molar-refractivity contribution in [3.05, 3.63) is 28.3 Å². The third kappa shape index (κ3) is 13.3. The molecule has 0 amide bonds. The molecule has 0 radical (unpaired) electrons. The van der Waals surface area contributed by atoms with Gasteiger partial charge in [-0.15, -0.1) is 0 Å². The minimum Gasteiger partial charge on any atom is -0.481 e. The molecule has 0 heterocycles. The van der Waals surface area contributed by atoms with Crippen LogP contribution in [-0.4, -0.2) is 33.2 Å². The second-order valence-electron chi connectivity index (χ2n) is 6.81. The zero-order chi connectivity index (χ0) is 21.5. The van der Waals surface area contributed by atoms with Crippen LogP contribution in [0.5, 0.6) is 0 Å². The molecule has 0 spiro atoms. The average molecular weight is 443 g/mol. The van der Waals surface area contributed by atoms with Gasteiger partial charge in [0.25, 0.3) is 0 Å². The van der Waals surface area contributed by atoms with Crippen LogP contribution in [0.15, 0.2) is 6.07 Å². The number of carboxylic acids is 3. The van der Waals surface area contributed by atoms with Crippen LogP contribution in [0, 0.1) is 0 Å². The fourth-order valence-corrected chi connectivity index (χ4v) is 3.08. The van der Waals surface area contributed by atoms with Gasteiger partial charge in [0.1, 0.15) is 0 Å². The summed E-state index contributed by atoms with van der Waals surface area (Å²) >= 11 is 0. The first kappa shape index (κ1) is 29.7. The van der Waals surface area contributed by atoms with E-state index in [1.165, 1.54) is 51.4 Å². The maximum Gasteiger partial charge on any atom is 0.303 e. The van der Waals surface area contributed by atoms with E-state index in [2.05, 4.69) is 6.07 Å². The Kier molecular flexibility index (Phi) is 17.7. The summed E-state index contributed by atoms with van der Waals surface area (Å²) in [4.78, 5) is 28.1. The van der Waals surface area contributed by atoms with Crippen LogP contribution >= 0.6 is 0 Å². The second kappa shape index (κ2) is 17.3. The van der Waals surface area contributed by atoms with Crippen LogP contribution < -0.4 is 0 Å². The topological polar surface area (TPSA) is 112 Å². The molecule has 0 atom stereocenters. The van der Waals surface area contributed by atoms with Gasteiger partial charge < -0.3 is 15.3 Å². The Morgan fingerprint density at radius 1 is 0.655 bits per heavy atom. The number of carboxylic acid groups (broad SMARTS) is 3. The molecule has 0 bridgehead atoms. The molecule has 3 rings (SSSR count). The number of carbonyl (C=O) groups is 3. The van der Waals surface area contributed by atoms with Gasteiger partial charge in [-0.05, 0) is 0 Å². The SMILES string of the molecule is CCC(=O)O.CCC(=O)O.CCC(=O)O.[Ti].[cH-]1c2c(c3c1CCCC3)CCCC2. The van der Waals surface area contributed by atoms with E-state index in [1.807, 2.05) is 0 Å². The molecular formula is C22H35O6Ti-. The van der Waals surface area contributed by atoms with Crippen LogP contribution in [0.4, 0.5) is 0 Å². The third-order valence-electron chi connectivity index (χ3n) is 4.64. The molecule has 2 aliphatic rings. The van der Waals surface area contributed by atoms with Gasteiger partial charge in [0, 0.05) is 41.0 Å². The number of aliphatic carboxylic acids is 3. The van der Waals surface area contributed by atoms with E-state index in [0.29, 0.717) is 0 Å². The van der Waals surface area contributed by atoms with E-state index in [4.69, 9.17) is 15.3 Å². The number of aryl methyl sites for hydroxylation is 2. The summed E-state index contributed by atoms with van der Waals surface area (Å²) < 4.78 is 0. The van der Waals surface area contributed by atoms with Crippen molar-refractivity contribution in [3.63, 3.8) is 0 Å². The van der Waals surface area contributed by atoms with Crippen molar-refractivity contribution >= 4 is 17.9 Å². The van der Waals surface area contributed by atoms with Crippen LogP contribution in [0.1, 0.15) is 88.0 Å². The minimum absolute atomic E-state index is 0. The van der Waals surface area contributed by atoms with Crippen LogP contribution in [0.3, 0.4) is 0 Å². The van der Waals surface area contributed by atoms with Crippen molar-refractivity contribution < 1.29 is 51.4 Å². The molecule has 0 aromatic heterocycles. The van der Waals surface area contributed by atoms with Crippen molar-refractivity contribution in [3.8, 4) is 0 Å². The molecule has 1 aromatic rings. The van der Waals surface area contributed by atoms with E-state index >= 15 is 0 Å². The van der Waals surface area contributed by atoms with Crippen LogP contribution in [0.2, 0.25) is 0 Å². The summed E-state index contributed by atoms with van der Waals surface area (Å²) in [5.74, 6) is -2.24. The first-order chi connectivity index (χ1) is 13.3. The maximum atomic E-state index is 9.37. The molecule has 7 heteroatoms. The van der Waals surface area contributed by atoms with Crippen molar-refractivity contribution in [1.82, 2.24) is 0 Å². The standard InChI is InChI=1S/C13H17.3C3H6O2.Ti/c1-3-7-12-10(5-1)9-11-6-2-4-8-13(11)12;3*1-2-3(4)5;/h9H,1-8H2;3*2H2,1H3,(H,4,5);/q-1;;;;. The molecule has 0 fully saturated rings. The van der Waals surface area contributed by atoms with Gasteiger partial charge in [0.05, 0.1) is 0 Å². The average Bonchev–Trinajstić information content (AvgIpc) is 3.08. The predicted molar refractivity (Wildman–Crippen MR) is 109 cm³/mol. The molecular weight excluding hydrogens is 408 g/mol. The van der Waals surface area contributed by atoms with Crippen LogP contribution in [0.25, 0.3) is 0 Å². The molecule has 0 aliphatic heterocycles.